The first-order valence-electron chi connectivity index (χ1n) is 5.83. The number of thiocarbonyl (C=S) groups is 1. The zero-order chi connectivity index (χ0) is 11.8. The summed E-state index contributed by atoms with van der Waals surface area (Å²) in [5.41, 5.74) is 0. The summed E-state index contributed by atoms with van der Waals surface area (Å²) >= 11 is 5.34. The van der Waals surface area contributed by atoms with Gasteiger partial charge in [-0.15, -0.1) is 0 Å². The van der Waals surface area contributed by atoms with Crippen LogP contribution in [0.2, 0.25) is 0 Å². The van der Waals surface area contributed by atoms with Gasteiger partial charge in [0.25, 0.3) is 0 Å². The van der Waals surface area contributed by atoms with Gasteiger partial charge in [0.1, 0.15) is 0 Å². The molecule has 16 heavy (non-hydrogen) atoms. The Labute approximate surface area is 103 Å². The molecule has 0 atom stereocenters. The number of hydrogen-bond donors (Lipinski definition) is 1. The highest BCUT2D eigenvalue weighted by Gasteiger charge is 2.19. The van der Waals surface area contributed by atoms with E-state index in [-0.39, 0.29) is 0 Å². The molecule has 0 radical (unpaired) electrons. The first-order chi connectivity index (χ1) is 7.75. The molecule has 1 heterocycles. The van der Waals surface area contributed by atoms with Gasteiger partial charge in [-0.2, -0.15) is 0 Å². The molecule has 0 unspecified atom stereocenters. The van der Waals surface area contributed by atoms with Gasteiger partial charge in [0.05, 0.1) is 0 Å². The summed E-state index contributed by atoms with van der Waals surface area (Å²) in [4.78, 5) is 2.16. The monoisotopic (exact) mass is 246 g/mol. The molecule has 1 aliphatic rings. The quantitative estimate of drug-likeness (QED) is 0.578. The maximum absolute atomic E-state index is 5.34. The number of methoxy groups -OCH3 is 1. The summed E-state index contributed by atoms with van der Waals surface area (Å²) in [6, 6.07) is 0.524. The molecule has 0 saturated carbocycles. The molecule has 1 aliphatic heterocycles. The summed E-state index contributed by atoms with van der Waals surface area (Å²) < 4.78 is 10.3. The van der Waals surface area contributed by atoms with E-state index in [1.54, 1.807) is 7.11 Å². The maximum Gasteiger partial charge on any atom is 0.168 e. The van der Waals surface area contributed by atoms with Crippen molar-refractivity contribution in [2.75, 3.05) is 40.5 Å². The molecule has 1 rings (SSSR count). The molecule has 4 nitrogen and oxygen atoms in total. The van der Waals surface area contributed by atoms with E-state index in [1.165, 1.54) is 0 Å². The third-order valence-corrected chi connectivity index (χ3v) is 3.29. The maximum atomic E-state index is 5.34. The lowest BCUT2D eigenvalue weighted by Crippen LogP contribution is -2.45. The highest BCUT2D eigenvalue weighted by Crippen LogP contribution is 2.12. The van der Waals surface area contributed by atoms with Gasteiger partial charge in [0, 0.05) is 46.6 Å². The minimum atomic E-state index is 0.524. The first-order valence-corrected chi connectivity index (χ1v) is 6.24. The van der Waals surface area contributed by atoms with Crippen LogP contribution in [0, 0.1) is 0 Å². The Balaban J connectivity index is 2.18. The van der Waals surface area contributed by atoms with Crippen molar-refractivity contribution in [3.63, 3.8) is 0 Å². The number of hydrogen-bond acceptors (Lipinski definition) is 3. The van der Waals surface area contributed by atoms with Gasteiger partial charge >= 0.3 is 0 Å². The second-order valence-corrected chi connectivity index (χ2v) is 4.42. The highest BCUT2D eigenvalue weighted by molar-refractivity contribution is 7.80. The van der Waals surface area contributed by atoms with Crippen LogP contribution in [0.15, 0.2) is 0 Å². The molecular weight excluding hydrogens is 224 g/mol. The molecule has 94 valence electrons. The van der Waals surface area contributed by atoms with Crippen molar-refractivity contribution in [1.82, 2.24) is 10.2 Å². The lowest BCUT2D eigenvalue weighted by atomic mass is 10.1. The van der Waals surface area contributed by atoms with Crippen molar-refractivity contribution in [2.45, 2.75) is 25.3 Å². The lowest BCUT2D eigenvalue weighted by molar-refractivity contribution is 0.0603. The van der Waals surface area contributed by atoms with Gasteiger partial charge in [0.15, 0.2) is 5.11 Å². The molecular formula is C11H22N2O2S. The van der Waals surface area contributed by atoms with E-state index in [0.29, 0.717) is 6.04 Å². The molecule has 1 saturated heterocycles. The van der Waals surface area contributed by atoms with Crippen LogP contribution < -0.4 is 5.32 Å². The summed E-state index contributed by atoms with van der Waals surface area (Å²) in [5.74, 6) is 0. The van der Waals surface area contributed by atoms with Crippen LogP contribution in [0.3, 0.4) is 0 Å². The zero-order valence-corrected chi connectivity index (χ0v) is 11.0. The Bertz CT molecular complexity index is 208. The van der Waals surface area contributed by atoms with Crippen LogP contribution in [0.5, 0.6) is 0 Å². The van der Waals surface area contributed by atoms with Crippen LogP contribution in [-0.2, 0) is 9.47 Å². The standard InChI is InChI=1S/C11H22N2O2S/c1-13(10-4-8-15-9-5-10)11(16)12-6-3-7-14-2/h10H,3-9H2,1-2H3,(H,12,16). The molecule has 1 fully saturated rings. The lowest BCUT2D eigenvalue weighted by Gasteiger charge is -2.33. The molecule has 0 aromatic carbocycles. The van der Waals surface area contributed by atoms with Crippen molar-refractivity contribution in [3.05, 3.63) is 0 Å². The van der Waals surface area contributed by atoms with E-state index in [1.807, 2.05) is 0 Å². The van der Waals surface area contributed by atoms with Crippen molar-refractivity contribution in [2.24, 2.45) is 0 Å². The van der Waals surface area contributed by atoms with Gasteiger partial charge in [-0.25, -0.2) is 0 Å². The number of rotatable bonds is 5. The third kappa shape index (κ3) is 4.63. The van der Waals surface area contributed by atoms with Crippen molar-refractivity contribution in [1.29, 1.82) is 0 Å². The highest BCUT2D eigenvalue weighted by atomic mass is 32.1. The number of ether oxygens (including phenoxy) is 2. The Morgan fingerprint density at radius 2 is 2.19 bits per heavy atom. The molecule has 0 amide bonds. The molecule has 1 N–H and O–H groups in total. The smallest absolute Gasteiger partial charge is 0.168 e. The average Bonchev–Trinajstić information content (AvgIpc) is 2.34. The summed E-state index contributed by atoms with van der Waals surface area (Å²) in [6.07, 6.45) is 3.12. The van der Waals surface area contributed by atoms with E-state index in [9.17, 15) is 0 Å². The van der Waals surface area contributed by atoms with Gasteiger partial charge in [-0.3, -0.25) is 0 Å². The van der Waals surface area contributed by atoms with Gasteiger partial charge in [-0.05, 0) is 31.5 Å². The van der Waals surface area contributed by atoms with E-state index < -0.39 is 0 Å². The largest absolute Gasteiger partial charge is 0.385 e. The Morgan fingerprint density at radius 1 is 1.50 bits per heavy atom. The van der Waals surface area contributed by atoms with E-state index in [0.717, 1.165) is 50.7 Å². The Morgan fingerprint density at radius 3 is 2.81 bits per heavy atom. The molecule has 0 aromatic rings. The normalized spacial score (nSPS) is 17.1. The zero-order valence-electron chi connectivity index (χ0n) is 10.2. The second kappa shape index (κ2) is 7.81. The first kappa shape index (κ1) is 13.7. The van der Waals surface area contributed by atoms with Crippen molar-refractivity contribution >= 4 is 17.3 Å². The van der Waals surface area contributed by atoms with Crippen LogP contribution in [0.4, 0.5) is 0 Å². The van der Waals surface area contributed by atoms with E-state index in [2.05, 4.69) is 17.3 Å². The molecule has 0 bridgehead atoms. The minimum absolute atomic E-state index is 0.524. The van der Waals surface area contributed by atoms with Gasteiger partial charge in [-0.1, -0.05) is 0 Å². The van der Waals surface area contributed by atoms with Crippen molar-refractivity contribution in [3.8, 4) is 0 Å². The number of nitrogens with one attached hydrogen (secondary N) is 1. The fourth-order valence-corrected chi connectivity index (χ4v) is 2.03. The summed E-state index contributed by atoms with van der Waals surface area (Å²) in [7, 11) is 3.77. The van der Waals surface area contributed by atoms with Crippen LogP contribution in [0.25, 0.3) is 0 Å². The third-order valence-electron chi connectivity index (χ3n) is 2.86. The van der Waals surface area contributed by atoms with Crippen LogP contribution >= 0.6 is 12.2 Å². The molecule has 0 spiro atoms. The minimum Gasteiger partial charge on any atom is -0.385 e. The average molecular weight is 246 g/mol. The topological polar surface area (TPSA) is 33.7 Å². The summed E-state index contributed by atoms with van der Waals surface area (Å²) in [5, 5.41) is 4.09. The Hall–Kier alpha value is -0.390. The molecule has 5 heteroatoms. The molecule has 0 aromatic heterocycles. The van der Waals surface area contributed by atoms with Crippen LogP contribution in [0.1, 0.15) is 19.3 Å². The SMILES string of the molecule is COCCCNC(=S)N(C)C1CCOCC1. The second-order valence-electron chi connectivity index (χ2n) is 4.03. The fraction of sp³-hybridized carbons (Fsp3) is 0.909. The van der Waals surface area contributed by atoms with Crippen LogP contribution in [-0.4, -0.2) is 56.6 Å². The van der Waals surface area contributed by atoms with Gasteiger partial charge in [0.2, 0.25) is 0 Å². The molecule has 0 aliphatic carbocycles. The Kier molecular flexibility index (Phi) is 6.68. The number of nitrogens with zero attached hydrogens (tertiary/aromatic N) is 1. The fourth-order valence-electron chi connectivity index (χ4n) is 1.77. The van der Waals surface area contributed by atoms with E-state index in [4.69, 9.17) is 21.7 Å². The van der Waals surface area contributed by atoms with Gasteiger partial charge < -0.3 is 19.7 Å². The predicted molar refractivity (Wildman–Crippen MR) is 68.7 cm³/mol. The van der Waals surface area contributed by atoms with Crippen molar-refractivity contribution < 1.29 is 9.47 Å². The predicted octanol–water partition coefficient (Wildman–Crippen LogP) is 1.01. The van der Waals surface area contributed by atoms with E-state index >= 15 is 0 Å². The summed E-state index contributed by atoms with van der Waals surface area (Å²) in [6.45, 7) is 3.35.